The van der Waals surface area contributed by atoms with Gasteiger partial charge in [0.2, 0.25) is 0 Å². The zero-order valence-electron chi connectivity index (χ0n) is 11.0. The first kappa shape index (κ1) is 13.9. The van der Waals surface area contributed by atoms with Crippen molar-refractivity contribution in [1.82, 2.24) is 4.57 Å². The number of hydrogen-bond donors (Lipinski definition) is 0. The molecule has 1 aromatic carbocycles. The van der Waals surface area contributed by atoms with Crippen molar-refractivity contribution in [2.45, 2.75) is 13.5 Å². The van der Waals surface area contributed by atoms with Gasteiger partial charge in [-0.3, -0.25) is 9.36 Å². The molecule has 0 radical (unpaired) electrons. The molecule has 20 heavy (non-hydrogen) atoms. The van der Waals surface area contributed by atoms with Gasteiger partial charge in [-0.1, -0.05) is 0 Å². The zero-order chi connectivity index (χ0) is 14.7. The molecule has 1 heterocycles. The summed E-state index contributed by atoms with van der Waals surface area (Å²) >= 11 is 0. The highest BCUT2D eigenvalue weighted by atomic mass is 16.5. The molecular formula is C13H13NO6. The lowest BCUT2D eigenvalue weighted by Gasteiger charge is -2.02. The van der Waals surface area contributed by atoms with E-state index in [1.807, 2.05) is 0 Å². The molecule has 0 unspecified atom stereocenters. The third-order valence-corrected chi connectivity index (χ3v) is 2.68. The average Bonchev–Trinajstić information content (AvgIpc) is 2.73. The number of nitrogens with zero attached hydrogens (tertiary/aromatic N) is 1. The summed E-state index contributed by atoms with van der Waals surface area (Å²) in [6, 6.07) is 4.40. The lowest BCUT2D eigenvalue weighted by atomic mass is 10.2. The van der Waals surface area contributed by atoms with Crippen molar-refractivity contribution >= 4 is 23.0 Å². The number of ether oxygens (including phenoxy) is 2. The Morgan fingerprint density at radius 2 is 2.10 bits per heavy atom. The van der Waals surface area contributed by atoms with E-state index < -0.39 is 17.7 Å². The maximum Gasteiger partial charge on any atom is 0.420 e. The van der Waals surface area contributed by atoms with Crippen molar-refractivity contribution in [1.29, 1.82) is 0 Å². The van der Waals surface area contributed by atoms with E-state index in [2.05, 4.69) is 4.74 Å². The predicted molar refractivity (Wildman–Crippen MR) is 68.4 cm³/mol. The van der Waals surface area contributed by atoms with Gasteiger partial charge in [-0.05, 0) is 25.1 Å². The molecule has 0 saturated carbocycles. The topological polar surface area (TPSA) is 87.7 Å². The van der Waals surface area contributed by atoms with Gasteiger partial charge >= 0.3 is 17.7 Å². The van der Waals surface area contributed by atoms with Crippen LogP contribution in [0.4, 0.5) is 0 Å². The Hall–Kier alpha value is -2.57. The standard InChI is InChI=1S/C13H13NO6/c1-3-19-11(15)7-14-9-5-4-8(12(16)18-2)6-10(9)20-13(14)17/h4-6H,3,7H2,1-2H3. The van der Waals surface area contributed by atoms with Crippen LogP contribution >= 0.6 is 0 Å². The summed E-state index contributed by atoms with van der Waals surface area (Å²) in [5.74, 6) is -1.75. The van der Waals surface area contributed by atoms with Crippen molar-refractivity contribution in [2.75, 3.05) is 13.7 Å². The summed E-state index contributed by atoms with van der Waals surface area (Å²) in [6.45, 7) is 1.67. The maximum absolute atomic E-state index is 11.7. The summed E-state index contributed by atoms with van der Waals surface area (Å²) < 4.78 is 15.5. The number of esters is 2. The van der Waals surface area contributed by atoms with E-state index in [-0.39, 0.29) is 24.3 Å². The minimum absolute atomic E-state index is 0.210. The van der Waals surface area contributed by atoms with Gasteiger partial charge in [0.15, 0.2) is 5.58 Å². The van der Waals surface area contributed by atoms with Crippen molar-refractivity contribution in [2.24, 2.45) is 0 Å². The van der Waals surface area contributed by atoms with Crippen molar-refractivity contribution in [3.63, 3.8) is 0 Å². The van der Waals surface area contributed by atoms with Crippen LogP contribution in [0.5, 0.6) is 0 Å². The monoisotopic (exact) mass is 279 g/mol. The fourth-order valence-corrected chi connectivity index (χ4v) is 1.80. The van der Waals surface area contributed by atoms with Crippen LogP contribution < -0.4 is 5.76 Å². The van der Waals surface area contributed by atoms with E-state index in [4.69, 9.17) is 9.15 Å². The molecule has 2 rings (SSSR count). The third-order valence-electron chi connectivity index (χ3n) is 2.68. The molecule has 1 aromatic heterocycles. The number of carbonyl (C=O) groups is 2. The van der Waals surface area contributed by atoms with Gasteiger partial charge in [-0.15, -0.1) is 0 Å². The van der Waals surface area contributed by atoms with Crippen LogP contribution in [0.3, 0.4) is 0 Å². The van der Waals surface area contributed by atoms with E-state index in [1.54, 1.807) is 6.92 Å². The summed E-state index contributed by atoms with van der Waals surface area (Å²) in [4.78, 5) is 34.5. The maximum atomic E-state index is 11.7. The largest absolute Gasteiger partial charge is 0.465 e. The van der Waals surface area contributed by atoms with Gasteiger partial charge in [-0.2, -0.15) is 0 Å². The summed E-state index contributed by atoms with van der Waals surface area (Å²) in [6.07, 6.45) is 0. The van der Waals surface area contributed by atoms with Crippen LogP contribution in [0, 0.1) is 0 Å². The number of rotatable bonds is 4. The first-order valence-corrected chi connectivity index (χ1v) is 5.94. The Bertz CT molecular complexity index is 711. The smallest absolute Gasteiger partial charge is 0.420 e. The highest BCUT2D eigenvalue weighted by molar-refractivity contribution is 5.93. The molecule has 0 atom stereocenters. The first-order chi connectivity index (χ1) is 9.56. The number of hydrogen-bond acceptors (Lipinski definition) is 6. The molecule has 0 amide bonds. The fourth-order valence-electron chi connectivity index (χ4n) is 1.80. The van der Waals surface area contributed by atoms with Crippen molar-refractivity contribution in [3.8, 4) is 0 Å². The predicted octanol–water partition coefficient (Wildman–Crippen LogP) is 0.944. The highest BCUT2D eigenvalue weighted by Crippen LogP contribution is 2.15. The SMILES string of the molecule is CCOC(=O)Cn1c(=O)oc2cc(C(=O)OC)ccc21. The Morgan fingerprint density at radius 3 is 2.75 bits per heavy atom. The molecule has 0 bridgehead atoms. The summed E-state index contributed by atoms with van der Waals surface area (Å²) in [5.41, 5.74) is 0.884. The molecule has 0 fully saturated rings. The van der Waals surface area contributed by atoms with Crippen molar-refractivity contribution < 1.29 is 23.5 Å². The van der Waals surface area contributed by atoms with Crippen LogP contribution in [0.2, 0.25) is 0 Å². The normalized spacial score (nSPS) is 10.5. The second-order valence-corrected chi connectivity index (χ2v) is 3.93. The molecule has 2 aromatic rings. The minimum Gasteiger partial charge on any atom is -0.465 e. The fraction of sp³-hybridized carbons (Fsp3) is 0.308. The number of benzene rings is 1. The van der Waals surface area contributed by atoms with Gasteiger partial charge in [0.05, 0.1) is 24.8 Å². The van der Waals surface area contributed by atoms with Gasteiger partial charge in [0.1, 0.15) is 6.54 Å². The lowest BCUT2D eigenvalue weighted by Crippen LogP contribution is -2.21. The molecule has 0 saturated heterocycles. The summed E-state index contributed by atoms with van der Waals surface area (Å²) in [5, 5.41) is 0. The Labute approximate surface area is 113 Å². The van der Waals surface area contributed by atoms with Crippen LogP contribution in [0.25, 0.3) is 11.1 Å². The Morgan fingerprint density at radius 1 is 1.35 bits per heavy atom. The van der Waals surface area contributed by atoms with Crippen LogP contribution in [-0.2, 0) is 20.8 Å². The Balaban J connectivity index is 2.42. The van der Waals surface area contributed by atoms with Crippen LogP contribution in [0.15, 0.2) is 27.4 Å². The van der Waals surface area contributed by atoms with E-state index in [1.165, 1.54) is 25.3 Å². The van der Waals surface area contributed by atoms with Crippen molar-refractivity contribution in [3.05, 3.63) is 34.3 Å². The number of carbonyl (C=O) groups excluding carboxylic acids is 2. The van der Waals surface area contributed by atoms with Crippen LogP contribution in [0.1, 0.15) is 17.3 Å². The van der Waals surface area contributed by atoms with Gasteiger partial charge in [-0.25, -0.2) is 9.59 Å². The molecule has 106 valence electrons. The molecule has 0 aliphatic heterocycles. The van der Waals surface area contributed by atoms with E-state index in [0.29, 0.717) is 5.52 Å². The molecule has 0 aliphatic carbocycles. The van der Waals surface area contributed by atoms with Gasteiger partial charge in [0.25, 0.3) is 0 Å². The molecular weight excluding hydrogens is 266 g/mol. The number of methoxy groups -OCH3 is 1. The Kier molecular flexibility index (Phi) is 3.88. The van der Waals surface area contributed by atoms with E-state index in [9.17, 15) is 14.4 Å². The number of aromatic nitrogens is 1. The quantitative estimate of drug-likeness (QED) is 0.774. The molecule has 7 heteroatoms. The summed E-state index contributed by atoms with van der Waals surface area (Å²) in [7, 11) is 1.26. The number of oxazole rings is 1. The molecule has 0 aliphatic rings. The first-order valence-electron chi connectivity index (χ1n) is 5.94. The molecule has 7 nitrogen and oxygen atoms in total. The van der Waals surface area contributed by atoms with E-state index >= 15 is 0 Å². The number of fused-ring (bicyclic) bond motifs is 1. The molecule has 0 N–H and O–H groups in total. The second-order valence-electron chi connectivity index (χ2n) is 3.93. The average molecular weight is 279 g/mol. The third kappa shape index (κ3) is 2.56. The highest BCUT2D eigenvalue weighted by Gasteiger charge is 2.15. The minimum atomic E-state index is -0.685. The lowest BCUT2D eigenvalue weighted by molar-refractivity contribution is -0.143. The second kappa shape index (κ2) is 5.60. The van der Waals surface area contributed by atoms with Gasteiger partial charge < -0.3 is 13.9 Å². The molecule has 0 spiro atoms. The zero-order valence-corrected chi connectivity index (χ0v) is 11.0. The van der Waals surface area contributed by atoms with Gasteiger partial charge in [0, 0.05) is 0 Å². The van der Waals surface area contributed by atoms with Crippen LogP contribution in [-0.4, -0.2) is 30.2 Å². The van der Waals surface area contributed by atoms with E-state index in [0.717, 1.165) is 4.57 Å².